The van der Waals surface area contributed by atoms with Crippen molar-refractivity contribution < 1.29 is 13.6 Å². The lowest BCUT2D eigenvalue weighted by atomic mass is 10.1. The molecule has 3 heterocycles. The van der Waals surface area contributed by atoms with Crippen LogP contribution in [0.2, 0.25) is 0 Å². The molecule has 0 saturated carbocycles. The van der Waals surface area contributed by atoms with Crippen LogP contribution < -0.4 is 22.0 Å². The molecular formula is C23H26F2N6O2. The second-order valence-electron chi connectivity index (χ2n) is 7.79. The van der Waals surface area contributed by atoms with Gasteiger partial charge in [0.1, 0.15) is 18.1 Å². The van der Waals surface area contributed by atoms with E-state index in [-0.39, 0.29) is 24.4 Å². The zero-order valence-corrected chi connectivity index (χ0v) is 18.7. The fourth-order valence-electron chi connectivity index (χ4n) is 3.43. The Labute approximate surface area is 189 Å². The summed E-state index contributed by atoms with van der Waals surface area (Å²) in [5.74, 6) is -3.25. The number of aryl methyl sites for hydroxylation is 3. The van der Waals surface area contributed by atoms with E-state index in [0.717, 1.165) is 15.8 Å². The highest BCUT2D eigenvalue weighted by Crippen LogP contribution is 2.25. The minimum atomic E-state index is -3.29. The number of anilines is 1. The summed E-state index contributed by atoms with van der Waals surface area (Å²) >= 11 is 0. The van der Waals surface area contributed by atoms with E-state index in [4.69, 9.17) is 5.73 Å². The Morgan fingerprint density at radius 3 is 2.58 bits per heavy atom. The van der Waals surface area contributed by atoms with Gasteiger partial charge >= 0.3 is 5.92 Å². The average molecular weight is 456 g/mol. The molecule has 33 heavy (non-hydrogen) atoms. The van der Waals surface area contributed by atoms with Gasteiger partial charge in [0.05, 0.1) is 6.42 Å². The summed E-state index contributed by atoms with van der Waals surface area (Å²) in [6.07, 6.45) is 2.45. The molecule has 0 spiro atoms. The highest BCUT2D eigenvalue weighted by Gasteiger charge is 2.33. The number of aromatic nitrogens is 3. The van der Waals surface area contributed by atoms with E-state index in [9.17, 15) is 18.4 Å². The second kappa shape index (κ2) is 9.76. The lowest BCUT2D eigenvalue weighted by Gasteiger charge is -2.19. The van der Waals surface area contributed by atoms with E-state index in [1.807, 2.05) is 6.92 Å². The number of halogens is 2. The molecule has 0 atom stereocenters. The molecule has 10 heteroatoms. The maximum absolute atomic E-state index is 14.4. The van der Waals surface area contributed by atoms with Crippen molar-refractivity contribution in [3.8, 4) is 0 Å². The van der Waals surface area contributed by atoms with Crippen LogP contribution in [0.3, 0.4) is 0 Å². The molecule has 0 aliphatic rings. The number of amides is 1. The summed E-state index contributed by atoms with van der Waals surface area (Å²) in [5, 5.41) is 2.78. The van der Waals surface area contributed by atoms with Gasteiger partial charge in [0.15, 0.2) is 0 Å². The maximum atomic E-state index is 14.4. The number of nitrogens with one attached hydrogen (secondary N) is 2. The molecule has 0 aliphatic heterocycles. The predicted octanol–water partition coefficient (Wildman–Crippen LogP) is 2.34. The first-order chi connectivity index (χ1) is 15.6. The van der Waals surface area contributed by atoms with E-state index in [2.05, 4.69) is 20.7 Å². The van der Waals surface area contributed by atoms with Crippen LogP contribution in [0.25, 0.3) is 0 Å². The van der Waals surface area contributed by atoms with Gasteiger partial charge in [-0.25, -0.2) is 9.66 Å². The van der Waals surface area contributed by atoms with Crippen LogP contribution in [0.4, 0.5) is 14.6 Å². The SMILES string of the molecule is Cc1cc(N)nc(C)c1CNC(=O)Cc1c(C)ccn(NCC(F)(F)c2ccccn2)c1=O. The molecule has 0 unspecified atom stereocenters. The first-order valence-corrected chi connectivity index (χ1v) is 10.3. The van der Waals surface area contributed by atoms with Crippen molar-refractivity contribution in [1.29, 1.82) is 0 Å². The highest BCUT2D eigenvalue weighted by atomic mass is 19.3. The second-order valence-corrected chi connectivity index (χ2v) is 7.79. The molecule has 4 N–H and O–H groups in total. The Morgan fingerprint density at radius 2 is 1.91 bits per heavy atom. The summed E-state index contributed by atoms with van der Waals surface area (Å²) in [7, 11) is 0. The third-order valence-electron chi connectivity index (χ3n) is 5.31. The minimum absolute atomic E-state index is 0.190. The van der Waals surface area contributed by atoms with Crippen molar-refractivity contribution in [2.24, 2.45) is 0 Å². The first-order valence-electron chi connectivity index (χ1n) is 10.3. The lowest BCUT2D eigenvalue weighted by Crippen LogP contribution is -2.38. The van der Waals surface area contributed by atoms with E-state index in [1.165, 1.54) is 24.5 Å². The van der Waals surface area contributed by atoms with Crippen LogP contribution in [0.5, 0.6) is 0 Å². The zero-order chi connectivity index (χ0) is 24.2. The van der Waals surface area contributed by atoms with Crippen LogP contribution in [0, 0.1) is 20.8 Å². The van der Waals surface area contributed by atoms with Crippen LogP contribution >= 0.6 is 0 Å². The molecule has 0 fully saturated rings. The van der Waals surface area contributed by atoms with Crippen molar-refractivity contribution in [1.82, 2.24) is 20.0 Å². The largest absolute Gasteiger partial charge is 0.384 e. The number of alkyl halides is 2. The van der Waals surface area contributed by atoms with Gasteiger partial charge in [0.25, 0.3) is 5.56 Å². The number of hydrogen-bond acceptors (Lipinski definition) is 6. The summed E-state index contributed by atoms with van der Waals surface area (Å²) in [6.45, 7) is 4.77. The average Bonchev–Trinajstić information content (AvgIpc) is 2.76. The quantitative estimate of drug-likeness (QED) is 0.479. The number of nitrogen functional groups attached to an aromatic ring is 1. The Hall–Kier alpha value is -3.82. The molecule has 0 saturated heterocycles. The third-order valence-corrected chi connectivity index (χ3v) is 5.31. The number of nitrogens with two attached hydrogens (primary N) is 1. The monoisotopic (exact) mass is 456 g/mol. The number of carbonyl (C=O) groups is 1. The van der Waals surface area contributed by atoms with Crippen molar-refractivity contribution >= 4 is 11.7 Å². The van der Waals surface area contributed by atoms with E-state index >= 15 is 0 Å². The summed E-state index contributed by atoms with van der Waals surface area (Å²) < 4.78 is 29.8. The molecule has 1 amide bonds. The van der Waals surface area contributed by atoms with Crippen LogP contribution in [-0.4, -0.2) is 27.1 Å². The Morgan fingerprint density at radius 1 is 1.15 bits per heavy atom. The molecule has 0 aliphatic carbocycles. The maximum Gasteiger partial charge on any atom is 0.308 e. The van der Waals surface area contributed by atoms with Gasteiger partial charge in [-0.15, -0.1) is 0 Å². The van der Waals surface area contributed by atoms with Gasteiger partial charge in [0.2, 0.25) is 5.91 Å². The third kappa shape index (κ3) is 5.71. The van der Waals surface area contributed by atoms with Gasteiger partial charge in [-0.3, -0.25) is 14.6 Å². The standard InChI is InChI=1S/C23H26F2N6O2/c1-14-7-9-31(29-13-23(24,25)19-6-4-5-8-27-19)22(33)17(14)11-21(32)28-12-18-15(2)10-20(26)30-16(18)3/h4-10,29H,11-13H2,1-3H3,(H2,26,30)(H,28,32). The minimum Gasteiger partial charge on any atom is -0.384 e. The van der Waals surface area contributed by atoms with Gasteiger partial charge < -0.3 is 16.5 Å². The van der Waals surface area contributed by atoms with E-state index < -0.39 is 23.7 Å². The zero-order valence-electron chi connectivity index (χ0n) is 18.7. The Bertz CT molecular complexity index is 1190. The molecule has 8 nitrogen and oxygen atoms in total. The van der Waals surface area contributed by atoms with Crippen molar-refractivity contribution in [3.63, 3.8) is 0 Å². The Kier molecular flexibility index (Phi) is 7.05. The topological polar surface area (TPSA) is 115 Å². The van der Waals surface area contributed by atoms with E-state index in [0.29, 0.717) is 17.1 Å². The summed E-state index contributed by atoms with van der Waals surface area (Å²) in [5.41, 5.74) is 10.5. The molecule has 0 bridgehead atoms. The van der Waals surface area contributed by atoms with Crippen LogP contribution in [-0.2, 0) is 23.7 Å². The first kappa shape index (κ1) is 23.8. The van der Waals surface area contributed by atoms with Crippen molar-refractivity contribution in [2.45, 2.75) is 39.7 Å². The van der Waals surface area contributed by atoms with Gasteiger partial charge in [-0.1, -0.05) is 6.07 Å². The molecule has 174 valence electrons. The fraction of sp³-hybridized carbons (Fsp3) is 0.304. The smallest absolute Gasteiger partial charge is 0.308 e. The van der Waals surface area contributed by atoms with Gasteiger partial charge in [0, 0.05) is 30.2 Å². The number of nitrogens with zero attached hydrogens (tertiary/aromatic N) is 3. The highest BCUT2D eigenvalue weighted by molar-refractivity contribution is 5.78. The summed E-state index contributed by atoms with van der Waals surface area (Å²) in [6, 6.07) is 7.54. The lowest BCUT2D eigenvalue weighted by molar-refractivity contribution is -0.120. The molecule has 3 aromatic heterocycles. The number of carbonyl (C=O) groups excluding carboxylic acids is 1. The predicted molar refractivity (Wildman–Crippen MR) is 121 cm³/mol. The molecule has 3 aromatic rings. The van der Waals surface area contributed by atoms with Gasteiger partial charge in [-0.05, 0) is 61.7 Å². The van der Waals surface area contributed by atoms with E-state index in [1.54, 1.807) is 32.0 Å². The van der Waals surface area contributed by atoms with Crippen molar-refractivity contribution in [3.05, 3.63) is 86.7 Å². The number of hydrogen-bond donors (Lipinski definition) is 3. The number of pyridine rings is 3. The molecule has 3 rings (SSSR count). The summed E-state index contributed by atoms with van der Waals surface area (Å²) in [4.78, 5) is 33.2. The normalized spacial score (nSPS) is 11.3. The Balaban J connectivity index is 1.69. The molecular weight excluding hydrogens is 430 g/mol. The van der Waals surface area contributed by atoms with Gasteiger partial charge in [-0.2, -0.15) is 8.78 Å². The van der Waals surface area contributed by atoms with Crippen LogP contribution in [0.15, 0.2) is 47.5 Å². The number of rotatable bonds is 8. The van der Waals surface area contributed by atoms with Crippen molar-refractivity contribution in [2.75, 3.05) is 17.7 Å². The molecule has 0 aromatic carbocycles. The molecule has 0 radical (unpaired) electrons. The fourth-order valence-corrected chi connectivity index (χ4v) is 3.43. The van der Waals surface area contributed by atoms with Crippen LogP contribution in [0.1, 0.15) is 33.6 Å².